The lowest BCUT2D eigenvalue weighted by atomic mass is 10.1. The quantitative estimate of drug-likeness (QED) is 0.815. The first-order valence-electron chi connectivity index (χ1n) is 7.33. The summed E-state index contributed by atoms with van der Waals surface area (Å²) in [5, 5.41) is 0. The van der Waals surface area contributed by atoms with Crippen molar-refractivity contribution in [3.05, 3.63) is 65.2 Å². The van der Waals surface area contributed by atoms with Gasteiger partial charge in [-0.3, -0.25) is 0 Å². The van der Waals surface area contributed by atoms with Crippen LogP contribution in [0.3, 0.4) is 0 Å². The van der Waals surface area contributed by atoms with Crippen molar-refractivity contribution in [1.29, 1.82) is 0 Å². The van der Waals surface area contributed by atoms with Crippen LogP contribution in [0.2, 0.25) is 0 Å². The summed E-state index contributed by atoms with van der Waals surface area (Å²) in [6, 6.07) is 16.9. The van der Waals surface area contributed by atoms with E-state index in [1.807, 2.05) is 37.7 Å². The Labute approximate surface area is 131 Å². The van der Waals surface area contributed by atoms with Crippen LogP contribution in [0.5, 0.6) is 5.75 Å². The fourth-order valence-corrected chi connectivity index (χ4v) is 3.12. The van der Waals surface area contributed by atoms with Crippen molar-refractivity contribution in [3.63, 3.8) is 0 Å². The molecule has 0 bridgehead atoms. The molecule has 0 heterocycles. The Morgan fingerprint density at radius 1 is 1.10 bits per heavy atom. The minimum Gasteiger partial charge on any atom is -0.494 e. The second kappa shape index (κ2) is 8.11. The number of hydrogen-bond acceptors (Lipinski definition) is 3. The van der Waals surface area contributed by atoms with Gasteiger partial charge in [0, 0.05) is 23.1 Å². The molecular weight excluding hydrogens is 278 g/mol. The second-order valence-electron chi connectivity index (χ2n) is 5.07. The van der Waals surface area contributed by atoms with Gasteiger partial charge in [0.25, 0.3) is 0 Å². The van der Waals surface area contributed by atoms with Gasteiger partial charge >= 0.3 is 0 Å². The minimum atomic E-state index is 0.0542. The molecule has 2 N–H and O–H groups in total. The SMILES string of the molecule is CCOc1ccc(C(C)N)cc1CSCc1ccccc1. The summed E-state index contributed by atoms with van der Waals surface area (Å²) in [6.45, 7) is 4.71. The van der Waals surface area contributed by atoms with Crippen LogP contribution in [0.25, 0.3) is 0 Å². The summed E-state index contributed by atoms with van der Waals surface area (Å²) >= 11 is 1.90. The number of rotatable bonds is 7. The third-order valence-corrected chi connectivity index (χ3v) is 4.33. The van der Waals surface area contributed by atoms with Gasteiger partial charge in [-0.2, -0.15) is 11.8 Å². The molecule has 21 heavy (non-hydrogen) atoms. The van der Waals surface area contributed by atoms with Crippen molar-refractivity contribution >= 4 is 11.8 Å². The lowest BCUT2D eigenvalue weighted by Gasteiger charge is -2.14. The first kappa shape index (κ1) is 15.9. The average molecular weight is 301 g/mol. The van der Waals surface area contributed by atoms with Gasteiger partial charge in [0.15, 0.2) is 0 Å². The minimum absolute atomic E-state index is 0.0542. The lowest BCUT2D eigenvalue weighted by molar-refractivity contribution is 0.337. The van der Waals surface area contributed by atoms with E-state index in [1.165, 1.54) is 11.1 Å². The highest BCUT2D eigenvalue weighted by atomic mass is 32.2. The van der Waals surface area contributed by atoms with Gasteiger partial charge in [-0.15, -0.1) is 0 Å². The van der Waals surface area contributed by atoms with E-state index in [-0.39, 0.29) is 6.04 Å². The smallest absolute Gasteiger partial charge is 0.123 e. The highest BCUT2D eigenvalue weighted by Crippen LogP contribution is 2.28. The van der Waals surface area contributed by atoms with Crippen LogP contribution in [0.15, 0.2) is 48.5 Å². The zero-order valence-electron chi connectivity index (χ0n) is 12.7. The Morgan fingerprint density at radius 3 is 2.52 bits per heavy atom. The van der Waals surface area contributed by atoms with E-state index >= 15 is 0 Å². The maximum absolute atomic E-state index is 5.98. The average Bonchev–Trinajstić information content (AvgIpc) is 2.50. The molecule has 0 spiro atoms. The van der Waals surface area contributed by atoms with Crippen molar-refractivity contribution < 1.29 is 4.74 Å². The number of ether oxygens (including phenoxy) is 1. The summed E-state index contributed by atoms with van der Waals surface area (Å²) in [5.74, 6) is 2.92. The van der Waals surface area contributed by atoms with Gasteiger partial charge in [0.1, 0.15) is 5.75 Å². The van der Waals surface area contributed by atoms with Gasteiger partial charge in [-0.05, 0) is 37.1 Å². The number of nitrogens with two attached hydrogens (primary N) is 1. The zero-order valence-corrected chi connectivity index (χ0v) is 13.5. The molecule has 0 aromatic heterocycles. The maximum atomic E-state index is 5.98. The van der Waals surface area contributed by atoms with Crippen LogP contribution in [0.1, 0.15) is 36.6 Å². The molecule has 0 aliphatic rings. The van der Waals surface area contributed by atoms with E-state index in [2.05, 4.69) is 36.4 Å². The Morgan fingerprint density at radius 2 is 1.86 bits per heavy atom. The molecule has 2 aromatic carbocycles. The van der Waals surface area contributed by atoms with Crippen molar-refractivity contribution in [2.45, 2.75) is 31.4 Å². The Bertz CT molecular complexity index is 554. The molecule has 0 fully saturated rings. The van der Waals surface area contributed by atoms with Crippen molar-refractivity contribution in [1.82, 2.24) is 0 Å². The molecule has 0 aliphatic carbocycles. The molecule has 2 aromatic rings. The maximum Gasteiger partial charge on any atom is 0.123 e. The highest BCUT2D eigenvalue weighted by Gasteiger charge is 2.08. The van der Waals surface area contributed by atoms with E-state index in [1.54, 1.807) is 0 Å². The summed E-state index contributed by atoms with van der Waals surface area (Å²) in [4.78, 5) is 0. The van der Waals surface area contributed by atoms with Crippen molar-refractivity contribution in [2.75, 3.05) is 6.61 Å². The number of thioether (sulfide) groups is 1. The van der Waals surface area contributed by atoms with E-state index < -0.39 is 0 Å². The second-order valence-corrected chi connectivity index (χ2v) is 6.05. The molecule has 0 amide bonds. The van der Waals surface area contributed by atoms with Crippen LogP contribution in [-0.2, 0) is 11.5 Å². The normalized spacial score (nSPS) is 12.1. The predicted octanol–water partition coefficient (Wildman–Crippen LogP) is 4.54. The number of benzene rings is 2. The molecule has 3 heteroatoms. The first-order valence-corrected chi connectivity index (χ1v) is 8.49. The van der Waals surface area contributed by atoms with Crippen LogP contribution >= 0.6 is 11.8 Å². The first-order chi connectivity index (χ1) is 10.2. The van der Waals surface area contributed by atoms with Crippen LogP contribution in [-0.4, -0.2) is 6.61 Å². The van der Waals surface area contributed by atoms with Crippen molar-refractivity contribution in [3.8, 4) is 5.75 Å². The largest absolute Gasteiger partial charge is 0.494 e. The molecule has 2 nitrogen and oxygen atoms in total. The third-order valence-electron chi connectivity index (χ3n) is 3.28. The van der Waals surface area contributed by atoms with Crippen LogP contribution in [0.4, 0.5) is 0 Å². The fourth-order valence-electron chi connectivity index (χ4n) is 2.14. The summed E-state index contributed by atoms with van der Waals surface area (Å²) in [7, 11) is 0. The number of hydrogen-bond donors (Lipinski definition) is 1. The van der Waals surface area contributed by atoms with Gasteiger partial charge in [-0.25, -0.2) is 0 Å². The molecule has 2 rings (SSSR count). The monoisotopic (exact) mass is 301 g/mol. The third kappa shape index (κ3) is 4.80. The van der Waals surface area contributed by atoms with E-state index in [4.69, 9.17) is 10.5 Å². The Hall–Kier alpha value is -1.45. The lowest BCUT2D eigenvalue weighted by Crippen LogP contribution is -2.06. The summed E-state index contributed by atoms with van der Waals surface area (Å²) in [6.07, 6.45) is 0. The van der Waals surface area contributed by atoms with Crippen LogP contribution < -0.4 is 10.5 Å². The summed E-state index contributed by atoms with van der Waals surface area (Å²) in [5.41, 5.74) is 9.72. The summed E-state index contributed by atoms with van der Waals surface area (Å²) < 4.78 is 5.72. The molecule has 0 radical (unpaired) electrons. The topological polar surface area (TPSA) is 35.2 Å². The molecule has 112 valence electrons. The zero-order chi connectivity index (χ0) is 15.1. The van der Waals surface area contributed by atoms with Gasteiger partial charge in [0.05, 0.1) is 6.61 Å². The van der Waals surface area contributed by atoms with Gasteiger partial charge < -0.3 is 10.5 Å². The predicted molar refractivity (Wildman–Crippen MR) is 91.7 cm³/mol. The molecule has 1 unspecified atom stereocenters. The van der Waals surface area contributed by atoms with Gasteiger partial charge in [-0.1, -0.05) is 36.4 Å². The van der Waals surface area contributed by atoms with Crippen molar-refractivity contribution in [2.24, 2.45) is 5.73 Å². The molecule has 0 saturated carbocycles. The van der Waals surface area contributed by atoms with Crippen LogP contribution in [0, 0.1) is 0 Å². The Balaban J connectivity index is 2.04. The molecule has 0 aliphatic heterocycles. The molecule has 1 atom stereocenters. The van der Waals surface area contributed by atoms with E-state index in [9.17, 15) is 0 Å². The van der Waals surface area contributed by atoms with E-state index in [0.717, 1.165) is 22.8 Å². The fraction of sp³-hybridized carbons (Fsp3) is 0.333. The Kier molecular flexibility index (Phi) is 6.15. The standard InChI is InChI=1S/C18H23NOS/c1-3-20-18-10-9-16(14(2)19)11-17(18)13-21-12-15-7-5-4-6-8-15/h4-11,14H,3,12-13,19H2,1-2H3. The van der Waals surface area contributed by atoms with E-state index in [0.29, 0.717) is 6.61 Å². The van der Waals surface area contributed by atoms with Gasteiger partial charge in [0.2, 0.25) is 0 Å². The molecular formula is C18H23NOS. The molecule has 0 saturated heterocycles. The highest BCUT2D eigenvalue weighted by molar-refractivity contribution is 7.97.